The van der Waals surface area contributed by atoms with Gasteiger partial charge >= 0.3 is 5.97 Å². The Morgan fingerprint density at radius 1 is 1.28 bits per heavy atom. The second-order valence-electron chi connectivity index (χ2n) is 5.56. The van der Waals surface area contributed by atoms with Crippen LogP contribution >= 0.6 is 0 Å². The lowest BCUT2D eigenvalue weighted by Gasteiger charge is -2.27. The third-order valence-corrected chi connectivity index (χ3v) is 3.98. The van der Waals surface area contributed by atoms with Crippen LogP contribution < -0.4 is 4.74 Å². The first-order valence-corrected chi connectivity index (χ1v) is 7.85. The van der Waals surface area contributed by atoms with Gasteiger partial charge in [0.1, 0.15) is 11.8 Å². The highest BCUT2D eigenvalue weighted by Gasteiger charge is 2.39. The van der Waals surface area contributed by atoms with Crippen molar-refractivity contribution in [1.82, 2.24) is 0 Å². The summed E-state index contributed by atoms with van der Waals surface area (Å²) in [5.74, 6) is -0.140. The summed E-state index contributed by atoms with van der Waals surface area (Å²) < 4.78 is 32.4. The van der Waals surface area contributed by atoms with Gasteiger partial charge in [0.2, 0.25) is 6.10 Å². The number of cyclic esters (lactones) is 1. The van der Waals surface area contributed by atoms with Crippen molar-refractivity contribution in [3.05, 3.63) is 28.3 Å². The van der Waals surface area contributed by atoms with Gasteiger partial charge in [-0.25, -0.2) is 4.79 Å². The average Bonchev–Trinajstić information content (AvgIpc) is 2.96. The molecule has 1 aromatic rings. The van der Waals surface area contributed by atoms with Crippen LogP contribution in [0.25, 0.3) is 0 Å². The molecule has 1 atom stereocenters. The molecule has 1 fully saturated rings. The van der Waals surface area contributed by atoms with Gasteiger partial charge in [-0.15, -0.1) is 0 Å². The molecule has 2 aliphatic heterocycles. The van der Waals surface area contributed by atoms with E-state index < -0.39 is 18.4 Å². The summed E-state index contributed by atoms with van der Waals surface area (Å²) >= 11 is 0. The fourth-order valence-corrected chi connectivity index (χ4v) is 2.96. The van der Waals surface area contributed by atoms with E-state index in [1.807, 2.05) is 6.07 Å². The Bertz CT molecular complexity index is 691. The number of ether oxygens (including phenoxy) is 6. The molecule has 0 saturated carbocycles. The Balaban J connectivity index is 2.18. The number of hydrogen-bond acceptors (Lipinski definition) is 8. The SMILES string of the molecule is COCOc1cc2c(c(C3OCCCO3)c1COC)C(=O)OC2C#N. The fourth-order valence-electron chi connectivity index (χ4n) is 2.96. The molecule has 2 aliphatic rings. The largest absolute Gasteiger partial charge is 0.467 e. The smallest absolute Gasteiger partial charge is 0.340 e. The third kappa shape index (κ3) is 3.32. The minimum absolute atomic E-state index is 0.00729. The van der Waals surface area contributed by atoms with E-state index in [0.29, 0.717) is 35.7 Å². The molecule has 0 aliphatic carbocycles. The lowest BCUT2D eigenvalue weighted by atomic mass is 9.93. The number of carbonyl (C=O) groups is 1. The molecule has 8 nitrogen and oxygen atoms in total. The number of methoxy groups -OCH3 is 2. The Morgan fingerprint density at radius 3 is 2.68 bits per heavy atom. The van der Waals surface area contributed by atoms with Crippen LogP contribution in [0.2, 0.25) is 0 Å². The van der Waals surface area contributed by atoms with Gasteiger partial charge in [-0.2, -0.15) is 5.26 Å². The Hall–Kier alpha value is -2.18. The Kier molecular flexibility index (Phi) is 5.50. The number of benzene rings is 1. The quantitative estimate of drug-likeness (QED) is 0.568. The van der Waals surface area contributed by atoms with E-state index in [1.165, 1.54) is 14.2 Å². The molecule has 1 saturated heterocycles. The third-order valence-electron chi connectivity index (χ3n) is 3.98. The van der Waals surface area contributed by atoms with Crippen LogP contribution in [0.15, 0.2) is 6.07 Å². The lowest BCUT2D eigenvalue weighted by molar-refractivity contribution is -0.183. The van der Waals surface area contributed by atoms with Crippen LogP contribution in [0.1, 0.15) is 45.9 Å². The number of carbonyl (C=O) groups excluding carboxylic acids is 1. The normalized spacial score (nSPS) is 20.0. The van der Waals surface area contributed by atoms with Gasteiger partial charge < -0.3 is 28.4 Å². The van der Waals surface area contributed by atoms with Crippen LogP contribution in [-0.4, -0.2) is 40.2 Å². The zero-order chi connectivity index (χ0) is 17.8. The highest BCUT2D eigenvalue weighted by atomic mass is 16.7. The molecule has 8 heteroatoms. The molecule has 0 bridgehead atoms. The Labute approximate surface area is 145 Å². The zero-order valence-corrected chi connectivity index (χ0v) is 14.1. The number of hydrogen-bond donors (Lipinski definition) is 0. The van der Waals surface area contributed by atoms with E-state index in [2.05, 4.69) is 0 Å². The van der Waals surface area contributed by atoms with Crippen molar-refractivity contribution in [2.75, 3.05) is 34.2 Å². The second kappa shape index (κ2) is 7.80. The van der Waals surface area contributed by atoms with Gasteiger partial charge in [-0.3, -0.25) is 0 Å². The van der Waals surface area contributed by atoms with Gasteiger partial charge in [-0.05, 0) is 12.5 Å². The van der Waals surface area contributed by atoms with Crippen LogP contribution in [0, 0.1) is 11.3 Å². The summed E-state index contributed by atoms with van der Waals surface area (Å²) in [6.07, 6.45) is -0.973. The minimum Gasteiger partial charge on any atom is -0.467 e. The molecule has 1 unspecified atom stereocenters. The number of nitriles is 1. The zero-order valence-electron chi connectivity index (χ0n) is 14.1. The lowest BCUT2D eigenvalue weighted by Crippen LogP contribution is -2.22. The predicted octanol–water partition coefficient (Wildman–Crippen LogP) is 1.99. The van der Waals surface area contributed by atoms with Crippen molar-refractivity contribution in [2.24, 2.45) is 0 Å². The fraction of sp³-hybridized carbons (Fsp3) is 0.529. The van der Waals surface area contributed by atoms with Crippen molar-refractivity contribution >= 4 is 5.97 Å². The summed E-state index contributed by atoms with van der Waals surface area (Å²) in [6.45, 7) is 1.19. The van der Waals surface area contributed by atoms with Crippen molar-refractivity contribution in [3.8, 4) is 11.8 Å². The monoisotopic (exact) mass is 349 g/mol. The summed E-state index contributed by atoms with van der Waals surface area (Å²) in [5.41, 5.74) is 1.83. The highest BCUT2D eigenvalue weighted by molar-refractivity contribution is 5.97. The average molecular weight is 349 g/mol. The maximum atomic E-state index is 12.4. The number of esters is 1. The van der Waals surface area contributed by atoms with E-state index in [0.717, 1.165) is 6.42 Å². The molecule has 0 N–H and O–H groups in total. The first-order valence-electron chi connectivity index (χ1n) is 7.85. The number of rotatable bonds is 6. The van der Waals surface area contributed by atoms with Crippen molar-refractivity contribution in [1.29, 1.82) is 5.26 Å². The van der Waals surface area contributed by atoms with Gasteiger partial charge in [-0.1, -0.05) is 0 Å². The van der Waals surface area contributed by atoms with Gasteiger partial charge in [0.15, 0.2) is 13.1 Å². The molecule has 1 aromatic carbocycles. The van der Waals surface area contributed by atoms with Crippen LogP contribution in [0.5, 0.6) is 5.75 Å². The number of nitrogens with zero attached hydrogens (tertiary/aromatic N) is 1. The standard InChI is InChI=1S/C17H19NO7/c1-20-8-11-12(24-9-21-2)6-10-13(7-18)25-16(19)14(10)15(11)17-22-4-3-5-23-17/h6,13,17H,3-5,8-9H2,1-2H3. The van der Waals surface area contributed by atoms with Crippen molar-refractivity contribution in [3.63, 3.8) is 0 Å². The summed E-state index contributed by atoms with van der Waals surface area (Å²) in [4.78, 5) is 12.4. The van der Waals surface area contributed by atoms with Gasteiger partial charge in [0.25, 0.3) is 0 Å². The highest BCUT2D eigenvalue weighted by Crippen LogP contribution is 2.43. The maximum absolute atomic E-state index is 12.4. The van der Waals surface area contributed by atoms with E-state index in [4.69, 9.17) is 28.4 Å². The molecule has 25 heavy (non-hydrogen) atoms. The Morgan fingerprint density at radius 2 is 2.04 bits per heavy atom. The van der Waals surface area contributed by atoms with E-state index in [9.17, 15) is 10.1 Å². The molecule has 2 heterocycles. The molecule has 0 spiro atoms. The molecule has 0 amide bonds. The van der Waals surface area contributed by atoms with Gasteiger partial charge in [0, 0.05) is 30.9 Å². The van der Waals surface area contributed by atoms with Crippen LogP contribution in [0.4, 0.5) is 0 Å². The predicted molar refractivity (Wildman–Crippen MR) is 82.7 cm³/mol. The second-order valence-corrected chi connectivity index (χ2v) is 5.56. The van der Waals surface area contributed by atoms with Crippen LogP contribution in [0.3, 0.4) is 0 Å². The molecule has 134 valence electrons. The molecular formula is C17H19NO7. The minimum atomic E-state index is -0.994. The first-order chi connectivity index (χ1) is 12.2. The van der Waals surface area contributed by atoms with Crippen molar-refractivity contribution in [2.45, 2.75) is 25.4 Å². The molecule has 0 aromatic heterocycles. The maximum Gasteiger partial charge on any atom is 0.340 e. The first kappa shape index (κ1) is 17.6. The summed E-state index contributed by atoms with van der Waals surface area (Å²) in [7, 11) is 3.04. The topological polar surface area (TPSA) is 96.2 Å². The van der Waals surface area contributed by atoms with E-state index in [-0.39, 0.29) is 19.0 Å². The molecule has 3 rings (SSSR count). The number of fused-ring (bicyclic) bond motifs is 1. The summed E-state index contributed by atoms with van der Waals surface area (Å²) in [5, 5.41) is 9.29. The van der Waals surface area contributed by atoms with E-state index in [1.54, 1.807) is 6.07 Å². The van der Waals surface area contributed by atoms with Gasteiger partial charge in [0.05, 0.1) is 25.4 Å². The molecular weight excluding hydrogens is 330 g/mol. The van der Waals surface area contributed by atoms with Crippen molar-refractivity contribution < 1.29 is 33.2 Å². The van der Waals surface area contributed by atoms with E-state index >= 15 is 0 Å². The summed E-state index contributed by atoms with van der Waals surface area (Å²) in [6, 6.07) is 3.59. The molecule has 0 radical (unpaired) electrons. The van der Waals surface area contributed by atoms with Crippen LogP contribution in [-0.2, 0) is 30.3 Å².